The molecule has 2 N–H and O–H groups in total. The lowest BCUT2D eigenvalue weighted by atomic mass is 10.3. The van der Waals surface area contributed by atoms with Gasteiger partial charge in [-0.1, -0.05) is 6.07 Å². The van der Waals surface area contributed by atoms with E-state index < -0.39 is 0 Å². The second-order valence-electron chi connectivity index (χ2n) is 3.01. The zero-order valence-corrected chi connectivity index (χ0v) is 9.12. The van der Waals surface area contributed by atoms with Gasteiger partial charge >= 0.3 is 0 Å². The number of hydrogen-bond acceptors (Lipinski definition) is 5. The zero-order valence-electron chi connectivity index (χ0n) is 8.30. The molecule has 2 aromatic rings. The highest BCUT2D eigenvalue weighted by Gasteiger charge is 2.06. The van der Waals surface area contributed by atoms with Crippen molar-refractivity contribution in [3.63, 3.8) is 0 Å². The van der Waals surface area contributed by atoms with E-state index in [-0.39, 0.29) is 0 Å². The Balaban J connectivity index is 2.38. The Bertz CT molecular complexity index is 442. The molecule has 0 aliphatic carbocycles. The Morgan fingerprint density at radius 3 is 3.07 bits per heavy atom. The van der Waals surface area contributed by atoms with Crippen LogP contribution in [0.15, 0.2) is 23.7 Å². The molecule has 0 aromatic carbocycles. The topological polar surface area (TPSA) is 61.0 Å². The first-order valence-corrected chi connectivity index (χ1v) is 5.33. The zero-order chi connectivity index (χ0) is 10.7. The molecular formula is C10H11N3OS. The third-order valence-corrected chi connectivity index (χ3v) is 2.79. The van der Waals surface area contributed by atoms with Crippen LogP contribution in [0.25, 0.3) is 10.7 Å². The van der Waals surface area contributed by atoms with Crippen LogP contribution in [-0.2, 0) is 11.3 Å². The number of nitrogen functional groups attached to an aromatic ring is 1. The predicted octanol–water partition coefficient (Wildman–Crippen LogP) is 1.93. The van der Waals surface area contributed by atoms with Gasteiger partial charge in [-0.25, -0.2) is 9.97 Å². The molecule has 0 radical (unpaired) electrons. The normalized spacial score (nSPS) is 10.5. The highest BCUT2D eigenvalue weighted by Crippen LogP contribution is 2.22. The van der Waals surface area contributed by atoms with Crippen molar-refractivity contribution in [1.29, 1.82) is 0 Å². The number of rotatable bonds is 3. The van der Waals surface area contributed by atoms with Crippen LogP contribution in [0.5, 0.6) is 0 Å². The fourth-order valence-electron chi connectivity index (χ4n) is 1.20. The highest BCUT2D eigenvalue weighted by molar-refractivity contribution is 7.13. The Morgan fingerprint density at radius 2 is 2.40 bits per heavy atom. The second kappa shape index (κ2) is 4.37. The standard InChI is InChI=1S/C10H11N3OS/c1-14-6-8-7(11)5-12-10(13-8)9-3-2-4-15-9/h2-5H,6,11H2,1H3. The fourth-order valence-corrected chi connectivity index (χ4v) is 1.87. The number of ether oxygens (including phenoxy) is 1. The van der Waals surface area contributed by atoms with Gasteiger partial charge in [0.1, 0.15) is 0 Å². The van der Waals surface area contributed by atoms with Gasteiger partial charge in [0, 0.05) is 7.11 Å². The summed E-state index contributed by atoms with van der Waals surface area (Å²) < 4.78 is 5.01. The molecule has 0 spiro atoms. The molecule has 2 aromatic heterocycles. The Kier molecular flexibility index (Phi) is 2.94. The molecule has 78 valence electrons. The van der Waals surface area contributed by atoms with E-state index in [4.69, 9.17) is 10.5 Å². The summed E-state index contributed by atoms with van der Waals surface area (Å²) in [6.07, 6.45) is 1.62. The van der Waals surface area contributed by atoms with Gasteiger partial charge in [-0.05, 0) is 11.4 Å². The lowest BCUT2D eigenvalue weighted by Gasteiger charge is -2.04. The van der Waals surface area contributed by atoms with E-state index in [2.05, 4.69) is 9.97 Å². The molecule has 0 bridgehead atoms. The number of nitrogens with zero attached hydrogens (tertiary/aromatic N) is 2. The molecular weight excluding hydrogens is 210 g/mol. The minimum atomic E-state index is 0.409. The van der Waals surface area contributed by atoms with Gasteiger partial charge in [0.2, 0.25) is 0 Å². The maximum atomic E-state index is 5.73. The van der Waals surface area contributed by atoms with Crippen molar-refractivity contribution in [3.8, 4) is 10.7 Å². The summed E-state index contributed by atoms with van der Waals surface area (Å²) in [5, 5.41) is 1.99. The van der Waals surface area contributed by atoms with Crippen molar-refractivity contribution in [1.82, 2.24) is 9.97 Å². The summed E-state index contributed by atoms with van der Waals surface area (Å²) >= 11 is 1.60. The van der Waals surface area contributed by atoms with Crippen molar-refractivity contribution in [2.75, 3.05) is 12.8 Å². The summed E-state index contributed by atoms with van der Waals surface area (Å²) in [4.78, 5) is 9.57. The quantitative estimate of drug-likeness (QED) is 0.860. The molecule has 5 heteroatoms. The van der Waals surface area contributed by atoms with E-state index >= 15 is 0 Å². The van der Waals surface area contributed by atoms with Gasteiger partial charge in [0.05, 0.1) is 29.1 Å². The summed E-state index contributed by atoms with van der Waals surface area (Å²) in [5.74, 6) is 0.700. The van der Waals surface area contributed by atoms with E-state index in [1.165, 1.54) is 0 Å². The van der Waals surface area contributed by atoms with E-state index in [0.717, 1.165) is 10.6 Å². The molecule has 2 rings (SSSR count). The SMILES string of the molecule is COCc1nc(-c2cccs2)ncc1N. The number of aromatic nitrogens is 2. The van der Waals surface area contributed by atoms with Crippen molar-refractivity contribution in [2.45, 2.75) is 6.61 Å². The van der Waals surface area contributed by atoms with Crippen LogP contribution >= 0.6 is 11.3 Å². The van der Waals surface area contributed by atoms with Crippen LogP contribution in [0.3, 0.4) is 0 Å². The van der Waals surface area contributed by atoms with Crippen LogP contribution in [0.4, 0.5) is 5.69 Å². The average Bonchev–Trinajstić information content (AvgIpc) is 2.75. The number of anilines is 1. The van der Waals surface area contributed by atoms with E-state index in [0.29, 0.717) is 18.1 Å². The lowest BCUT2D eigenvalue weighted by molar-refractivity contribution is 0.182. The van der Waals surface area contributed by atoms with Gasteiger partial charge in [0.15, 0.2) is 5.82 Å². The number of thiophene rings is 1. The summed E-state index contributed by atoms with van der Waals surface area (Å²) in [7, 11) is 1.62. The van der Waals surface area contributed by atoms with Gasteiger partial charge in [0.25, 0.3) is 0 Å². The van der Waals surface area contributed by atoms with Crippen molar-refractivity contribution in [2.24, 2.45) is 0 Å². The first-order chi connectivity index (χ1) is 7.31. The molecule has 0 fully saturated rings. The molecule has 15 heavy (non-hydrogen) atoms. The molecule has 0 unspecified atom stereocenters. The second-order valence-corrected chi connectivity index (χ2v) is 3.95. The Hall–Kier alpha value is -1.46. The molecule has 0 aliphatic heterocycles. The summed E-state index contributed by atoms with van der Waals surface area (Å²) in [6.45, 7) is 0.409. The van der Waals surface area contributed by atoms with Gasteiger partial charge in [-0.3, -0.25) is 0 Å². The van der Waals surface area contributed by atoms with Gasteiger partial charge < -0.3 is 10.5 Å². The van der Waals surface area contributed by atoms with Crippen molar-refractivity contribution < 1.29 is 4.74 Å². The summed E-state index contributed by atoms with van der Waals surface area (Å²) in [5.41, 5.74) is 7.03. The number of nitrogens with two attached hydrogens (primary N) is 1. The maximum absolute atomic E-state index is 5.73. The van der Waals surface area contributed by atoms with Crippen LogP contribution in [0.1, 0.15) is 5.69 Å². The van der Waals surface area contributed by atoms with E-state index in [9.17, 15) is 0 Å². The van der Waals surface area contributed by atoms with Gasteiger partial charge in [-0.15, -0.1) is 11.3 Å². The molecule has 4 nitrogen and oxygen atoms in total. The number of methoxy groups -OCH3 is 1. The van der Waals surface area contributed by atoms with Crippen molar-refractivity contribution >= 4 is 17.0 Å². The monoisotopic (exact) mass is 221 g/mol. The third kappa shape index (κ3) is 2.14. The largest absolute Gasteiger partial charge is 0.396 e. The fraction of sp³-hybridized carbons (Fsp3) is 0.200. The van der Waals surface area contributed by atoms with E-state index in [1.807, 2.05) is 17.5 Å². The molecule has 0 aliphatic rings. The average molecular weight is 221 g/mol. The molecule has 0 atom stereocenters. The Labute approximate surface area is 91.8 Å². The van der Waals surface area contributed by atoms with E-state index in [1.54, 1.807) is 24.6 Å². The first kappa shape index (κ1) is 10.1. The third-order valence-electron chi connectivity index (χ3n) is 1.92. The molecule has 0 saturated heterocycles. The summed E-state index contributed by atoms with van der Waals surface area (Å²) in [6, 6.07) is 3.95. The number of hydrogen-bond donors (Lipinski definition) is 1. The minimum Gasteiger partial charge on any atom is -0.396 e. The van der Waals surface area contributed by atoms with Crippen LogP contribution in [0, 0.1) is 0 Å². The predicted molar refractivity (Wildman–Crippen MR) is 60.5 cm³/mol. The van der Waals surface area contributed by atoms with Crippen molar-refractivity contribution in [3.05, 3.63) is 29.4 Å². The minimum absolute atomic E-state index is 0.409. The molecule has 2 heterocycles. The smallest absolute Gasteiger partial charge is 0.169 e. The lowest BCUT2D eigenvalue weighted by Crippen LogP contribution is -2.02. The van der Waals surface area contributed by atoms with Crippen LogP contribution in [0.2, 0.25) is 0 Å². The van der Waals surface area contributed by atoms with Crippen LogP contribution < -0.4 is 5.73 Å². The van der Waals surface area contributed by atoms with Crippen LogP contribution in [-0.4, -0.2) is 17.1 Å². The molecule has 0 amide bonds. The first-order valence-electron chi connectivity index (χ1n) is 4.45. The maximum Gasteiger partial charge on any atom is 0.169 e. The molecule has 0 saturated carbocycles. The highest BCUT2D eigenvalue weighted by atomic mass is 32.1. The Morgan fingerprint density at radius 1 is 1.53 bits per heavy atom. The van der Waals surface area contributed by atoms with Gasteiger partial charge in [-0.2, -0.15) is 0 Å².